The summed E-state index contributed by atoms with van der Waals surface area (Å²) in [5.41, 5.74) is 4.48. The number of benzene rings is 1. The molecule has 0 aromatic heterocycles. The van der Waals surface area contributed by atoms with E-state index in [9.17, 15) is 26.4 Å². The maximum Gasteiger partial charge on any atom is 0.302 e. The summed E-state index contributed by atoms with van der Waals surface area (Å²) in [7, 11) is -3.84. The highest BCUT2D eigenvalue weighted by molar-refractivity contribution is 7.93. The molecule has 1 fully saturated rings. The summed E-state index contributed by atoms with van der Waals surface area (Å²) in [4.78, 5) is 15.9. The van der Waals surface area contributed by atoms with Gasteiger partial charge in [-0.05, 0) is 31.0 Å². The van der Waals surface area contributed by atoms with Gasteiger partial charge in [-0.25, -0.2) is 12.8 Å². The van der Waals surface area contributed by atoms with E-state index < -0.39 is 49.8 Å². The summed E-state index contributed by atoms with van der Waals surface area (Å²) in [6.07, 6.45) is -0.445. The summed E-state index contributed by atoms with van der Waals surface area (Å²) in [5, 5.41) is 0. The SMILES string of the molecule is CC(F)(F)C(=O)Cc1ccc(F)c([C@]2(C)CS(=O)(=O)[C@]3(CCOC3)C(N)=N2)c1. The van der Waals surface area contributed by atoms with Crippen LogP contribution in [0.4, 0.5) is 13.2 Å². The molecule has 154 valence electrons. The summed E-state index contributed by atoms with van der Waals surface area (Å²) in [6.45, 7) is 2.02. The number of hydrogen-bond donors (Lipinski definition) is 1. The Kier molecular flexibility index (Phi) is 4.86. The predicted molar refractivity (Wildman–Crippen MR) is 96.7 cm³/mol. The third-order valence-electron chi connectivity index (χ3n) is 5.35. The lowest BCUT2D eigenvalue weighted by atomic mass is 9.90. The average molecular weight is 418 g/mol. The van der Waals surface area contributed by atoms with Crippen LogP contribution >= 0.6 is 0 Å². The van der Waals surface area contributed by atoms with Crippen LogP contribution in [0.15, 0.2) is 23.2 Å². The number of hydrogen-bond acceptors (Lipinski definition) is 6. The van der Waals surface area contributed by atoms with E-state index >= 15 is 0 Å². The molecule has 3 rings (SSSR count). The molecule has 0 saturated carbocycles. The molecule has 0 aliphatic carbocycles. The highest BCUT2D eigenvalue weighted by Gasteiger charge is 2.57. The highest BCUT2D eigenvalue weighted by Crippen LogP contribution is 2.41. The molecule has 0 radical (unpaired) electrons. The lowest BCUT2D eigenvalue weighted by Crippen LogP contribution is -2.58. The van der Waals surface area contributed by atoms with Crippen molar-refractivity contribution in [3.8, 4) is 0 Å². The minimum Gasteiger partial charge on any atom is -0.386 e. The van der Waals surface area contributed by atoms with Crippen LogP contribution in [-0.4, -0.2) is 49.7 Å². The molecule has 0 unspecified atom stereocenters. The Morgan fingerprint density at radius 1 is 1.39 bits per heavy atom. The van der Waals surface area contributed by atoms with Crippen molar-refractivity contribution in [3.63, 3.8) is 0 Å². The lowest BCUT2D eigenvalue weighted by Gasteiger charge is -2.39. The number of nitrogens with two attached hydrogens (primary N) is 1. The van der Waals surface area contributed by atoms with Gasteiger partial charge in [0.1, 0.15) is 17.2 Å². The van der Waals surface area contributed by atoms with Gasteiger partial charge in [0.05, 0.1) is 12.4 Å². The molecule has 0 bridgehead atoms. The molecular formula is C18H21F3N2O4S. The monoisotopic (exact) mass is 418 g/mol. The fourth-order valence-electron chi connectivity index (χ4n) is 3.63. The van der Waals surface area contributed by atoms with E-state index in [0.717, 1.165) is 6.07 Å². The van der Waals surface area contributed by atoms with Crippen molar-refractivity contribution in [2.24, 2.45) is 10.7 Å². The van der Waals surface area contributed by atoms with Gasteiger partial charge in [-0.1, -0.05) is 6.07 Å². The zero-order valence-electron chi connectivity index (χ0n) is 15.5. The van der Waals surface area contributed by atoms with Crippen molar-refractivity contribution in [1.29, 1.82) is 0 Å². The smallest absolute Gasteiger partial charge is 0.302 e. The molecule has 2 N–H and O–H groups in total. The van der Waals surface area contributed by atoms with E-state index in [-0.39, 0.29) is 36.6 Å². The van der Waals surface area contributed by atoms with Crippen LogP contribution in [0.3, 0.4) is 0 Å². The van der Waals surface area contributed by atoms with E-state index in [4.69, 9.17) is 10.5 Å². The summed E-state index contributed by atoms with van der Waals surface area (Å²) < 4.78 is 70.7. The molecule has 2 heterocycles. The Bertz CT molecular complexity index is 950. The largest absolute Gasteiger partial charge is 0.386 e. The molecule has 28 heavy (non-hydrogen) atoms. The molecule has 6 nitrogen and oxygen atoms in total. The van der Waals surface area contributed by atoms with Gasteiger partial charge in [-0.2, -0.15) is 8.78 Å². The van der Waals surface area contributed by atoms with Crippen molar-refractivity contribution in [1.82, 2.24) is 0 Å². The molecule has 2 aliphatic rings. The van der Waals surface area contributed by atoms with Crippen molar-refractivity contribution < 1.29 is 31.1 Å². The third kappa shape index (κ3) is 3.32. The number of ketones is 1. The Hall–Kier alpha value is -1.94. The molecule has 0 amide bonds. The predicted octanol–water partition coefficient (Wildman–Crippen LogP) is 1.75. The standard InChI is InChI=1S/C18H21F3N2O4S/c1-16(10-28(25,26)18(15(22)23-16)5-6-27-9-18)12-7-11(3-4-13(12)19)8-14(24)17(2,20)21/h3-4,7H,5-6,8-10H2,1-2H3,(H2,22,23)/t16-,18-/m0/s1. The lowest BCUT2D eigenvalue weighted by molar-refractivity contribution is -0.139. The van der Waals surface area contributed by atoms with Gasteiger partial charge in [0.25, 0.3) is 0 Å². The average Bonchev–Trinajstić information content (AvgIpc) is 3.05. The second kappa shape index (κ2) is 6.55. The number of amidine groups is 1. The van der Waals surface area contributed by atoms with Crippen molar-refractivity contribution in [3.05, 3.63) is 35.1 Å². The van der Waals surface area contributed by atoms with Gasteiger partial charge in [0, 0.05) is 25.5 Å². The summed E-state index contributed by atoms with van der Waals surface area (Å²) >= 11 is 0. The number of ether oxygens (including phenoxy) is 1. The first kappa shape index (κ1) is 20.8. The van der Waals surface area contributed by atoms with Crippen LogP contribution < -0.4 is 5.73 Å². The summed E-state index contributed by atoms with van der Waals surface area (Å²) in [6, 6.07) is 3.43. The molecule has 1 aromatic rings. The van der Waals surface area contributed by atoms with Crippen molar-refractivity contribution in [2.75, 3.05) is 19.0 Å². The number of carbonyl (C=O) groups excluding carboxylic acids is 1. The van der Waals surface area contributed by atoms with Gasteiger partial charge in [0.15, 0.2) is 14.6 Å². The Balaban J connectivity index is 2.04. The van der Waals surface area contributed by atoms with E-state index in [1.165, 1.54) is 19.1 Å². The van der Waals surface area contributed by atoms with Crippen molar-refractivity contribution in [2.45, 2.75) is 42.9 Å². The first-order chi connectivity index (χ1) is 12.8. The maximum atomic E-state index is 14.6. The maximum absolute atomic E-state index is 14.6. The summed E-state index contributed by atoms with van der Waals surface area (Å²) in [5.74, 6) is -6.27. The zero-order chi connectivity index (χ0) is 21.0. The molecule has 1 aromatic carbocycles. The molecule has 1 saturated heterocycles. The topological polar surface area (TPSA) is 98.8 Å². The first-order valence-corrected chi connectivity index (χ1v) is 10.3. The Morgan fingerprint density at radius 3 is 2.61 bits per heavy atom. The Labute approximate surface area is 160 Å². The number of halogens is 3. The Morgan fingerprint density at radius 2 is 2.07 bits per heavy atom. The fraction of sp³-hybridized carbons (Fsp3) is 0.556. The number of nitrogens with zero attached hydrogens (tertiary/aromatic N) is 1. The quantitative estimate of drug-likeness (QED) is 0.803. The van der Waals surface area contributed by atoms with Gasteiger partial charge in [0.2, 0.25) is 5.78 Å². The normalized spacial score (nSPS) is 29.7. The second-order valence-corrected chi connectivity index (χ2v) is 9.93. The van der Waals surface area contributed by atoms with Crippen LogP contribution in [0.2, 0.25) is 0 Å². The number of alkyl halides is 2. The molecule has 2 aliphatic heterocycles. The zero-order valence-corrected chi connectivity index (χ0v) is 16.3. The molecular weight excluding hydrogens is 397 g/mol. The number of carbonyl (C=O) groups is 1. The number of rotatable bonds is 4. The van der Waals surface area contributed by atoms with E-state index in [2.05, 4.69) is 4.99 Å². The van der Waals surface area contributed by atoms with Crippen LogP contribution in [0.1, 0.15) is 31.4 Å². The van der Waals surface area contributed by atoms with Gasteiger partial charge < -0.3 is 10.5 Å². The molecule has 10 heteroatoms. The van der Waals surface area contributed by atoms with Crippen LogP contribution in [0.5, 0.6) is 0 Å². The molecule has 2 atom stereocenters. The fourth-order valence-corrected chi connectivity index (χ4v) is 5.89. The minimum absolute atomic E-state index is 0.108. The number of aliphatic imine (C=N–C) groups is 1. The van der Waals surface area contributed by atoms with E-state index in [1.807, 2.05) is 0 Å². The van der Waals surface area contributed by atoms with E-state index in [1.54, 1.807) is 0 Å². The third-order valence-corrected chi connectivity index (χ3v) is 8.02. The van der Waals surface area contributed by atoms with E-state index in [0.29, 0.717) is 6.92 Å². The minimum atomic E-state index is -3.84. The number of Topliss-reactive ketones (excluding diaryl/α,β-unsaturated/α-hetero) is 1. The van der Waals surface area contributed by atoms with Gasteiger partial charge in [-0.3, -0.25) is 9.79 Å². The van der Waals surface area contributed by atoms with Crippen LogP contribution in [-0.2, 0) is 31.3 Å². The van der Waals surface area contributed by atoms with Gasteiger partial charge in [-0.15, -0.1) is 0 Å². The van der Waals surface area contributed by atoms with Crippen LogP contribution in [0.25, 0.3) is 0 Å². The second-order valence-electron chi connectivity index (χ2n) is 7.63. The first-order valence-electron chi connectivity index (χ1n) is 8.67. The molecule has 1 spiro atoms. The number of sulfone groups is 1. The van der Waals surface area contributed by atoms with Crippen LogP contribution in [0, 0.1) is 5.82 Å². The highest BCUT2D eigenvalue weighted by atomic mass is 32.2. The van der Waals surface area contributed by atoms with Gasteiger partial charge >= 0.3 is 5.92 Å². The van der Waals surface area contributed by atoms with Crippen molar-refractivity contribution >= 4 is 21.5 Å².